The van der Waals surface area contributed by atoms with Crippen LogP contribution in [-0.4, -0.2) is 40.6 Å². The van der Waals surface area contributed by atoms with Gasteiger partial charge in [-0.3, -0.25) is 19.2 Å². The molecule has 162 valence electrons. The average Bonchev–Trinajstić information content (AvgIpc) is 3.02. The van der Waals surface area contributed by atoms with E-state index in [2.05, 4.69) is 5.32 Å². The largest absolute Gasteiger partial charge is 0.327 e. The summed E-state index contributed by atoms with van der Waals surface area (Å²) in [6.45, 7) is 5.25. The van der Waals surface area contributed by atoms with Crippen LogP contribution >= 0.6 is 0 Å². The number of anilines is 2. The van der Waals surface area contributed by atoms with Crippen LogP contribution in [0.15, 0.2) is 54.6 Å². The van der Waals surface area contributed by atoms with Crippen molar-refractivity contribution >= 4 is 35.0 Å². The van der Waals surface area contributed by atoms with Crippen molar-refractivity contribution in [3.05, 3.63) is 60.2 Å². The Kier molecular flexibility index (Phi) is 6.84. The van der Waals surface area contributed by atoms with Crippen molar-refractivity contribution < 1.29 is 19.2 Å². The highest BCUT2D eigenvalue weighted by Gasteiger charge is 2.45. The maximum atomic E-state index is 13.2. The van der Waals surface area contributed by atoms with Gasteiger partial charge in [0.1, 0.15) is 6.04 Å². The van der Waals surface area contributed by atoms with Gasteiger partial charge in [0.15, 0.2) is 0 Å². The number of hydrogen-bond acceptors (Lipinski definition) is 4. The van der Waals surface area contributed by atoms with Crippen LogP contribution in [0.3, 0.4) is 0 Å². The first-order chi connectivity index (χ1) is 14.8. The highest BCUT2D eigenvalue weighted by atomic mass is 16.2. The molecule has 1 aliphatic rings. The highest BCUT2D eigenvalue weighted by molar-refractivity contribution is 6.23. The Morgan fingerprint density at radius 2 is 1.74 bits per heavy atom. The summed E-state index contributed by atoms with van der Waals surface area (Å²) >= 11 is 0. The molecule has 1 N–H and O–H groups in total. The lowest BCUT2D eigenvalue weighted by atomic mass is 10.1. The van der Waals surface area contributed by atoms with Crippen LogP contribution in [0.25, 0.3) is 0 Å². The van der Waals surface area contributed by atoms with Crippen LogP contribution in [0.5, 0.6) is 0 Å². The van der Waals surface area contributed by atoms with Gasteiger partial charge in [-0.2, -0.15) is 0 Å². The third kappa shape index (κ3) is 4.99. The van der Waals surface area contributed by atoms with Crippen LogP contribution < -0.4 is 10.2 Å². The minimum absolute atomic E-state index is 0.0445. The van der Waals surface area contributed by atoms with Gasteiger partial charge in [0.05, 0.1) is 18.5 Å². The zero-order valence-electron chi connectivity index (χ0n) is 18.0. The SMILES string of the molecule is CCC(C)N(C(=O)Cc1ccccc1)C1CC(=O)N(c2ccc(NC(C)=O)cc2)C1=O. The predicted molar refractivity (Wildman–Crippen MR) is 118 cm³/mol. The molecule has 2 aromatic rings. The highest BCUT2D eigenvalue weighted by Crippen LogP contribution is 2.28. The normalized spacial score (nSPS) is 16.9. The summed E-state index contributed by atoms with van der Waals surface area (Å²) in [5, 5.41) is 2.65. The molecule has 0 radical (unpaired) electrons. The van der Waals surface area contributed by atoms with E-state index in [0.29, 0.717) is 17.8 Å². The van der Waals surface area contributed by atoms with E-state index in [1.165, 1.54) is 6.92 Å². The predicted octanol–water partition coefficient (Wildman–Crippen LogP) is 3.15. The number of nitrogens with one attached hydrogen (secondary N) is 1. The van der Waals surface area contributed by atoms with E-state index in [1.807, 2.05) is 44.2 Å². The molecule has 2 aromatic carbocycles. The molecule has 7 nitrogen and oxygen atoms in total. The summed E-state index contributed by atoms with van der Waals surface area (Å²) in [4.78, 5) is 53.0. The molecule has 1 fully saturated rings. The Bertz CT molecular complexity index is 972. The second-order valence-electron chi connectivity index (χ2n) is 7.74. The fourth-order valence-electron chi connectivity index (χ4n) is 3.79. The van der Waals surface area contributed by atoms with Crippen molar-refractivity contribution in [2.75, 3.05) is 10.2 Å². The Hall–Kier alpha value is -3.48. The van der Waals surface area contributed by atoms with Gasteiger partial charge in [-0.15, -0.1) is 0 Å². The summed E-state index contributed by atoms with van der Waals surface area (Å²) in [7, 11) is 0. The molecule has 1 aliphatic heterocycles. The van der Waals surface area contributed by atoms with Gasteiger partial charge in [-0.05, 0) is 43.2 Å². The number of hydrogen-bond donors (Lipinski definition) is 1. The molecule has 4 amide bonds. The number of amides is 4. The van der Waals surface area contributed by atoms with Crippen LogP contribution in [0.1, 0.15) is 39.2 Å². The number of nitrogens with zero attached hydrogens (tertiary/aromatic N) is 2. The molecule has 0 bridgehead atoms. The Morgan fingerprint density at radius 3 is 2.32 bits per heavy atom. The van der Waals surface area contributed by atoms with E-state index in [9.17, 15) is 19.2 Å². The van der Waals surface area contributed by atoms with Crippen LogP contribution in [-0.2, 0) is 25.6 Å². The van der Waals surface area contributed by atoms with Gasteiger partial charge >= 0.3 is 0 Å². The average molecular weight is 421 g/mol. The minimum Gasteiger partial charge on any atom is -0.327 e. The lowest BCUT2D eigenvalue weighted by Crippen LogP contribution is -2.50. The molecule has 0 aliphatic carbocycles. The summed E-state index contributed by atoms with van der Waals surface area (Å²) in [5.74, 6) is -1.13. The quantitative estimate of drug-likeness (QED) is 0.696. The maximum absolute atomic E-state index is 13.2. The van der Waals surface area contributed by atoms with E-state index < -0.39 is 11.9 Å². The minimum atomic E-state index is -0.825. The molecule has 0 spiro atoms. The first-order valence-corrected chi connectivity index (χ1v) is 10.4. The van der Waals surface area contributed by atoms with Gasteiger partial charge < -0.3 is 10.2 Å². The van der Waals surface area contributed by atoms with Gasteiger partial charge in [0, 0.05) is 18.7 Å². The number of rotatable bonds is 7. The summed E-state index contributed by atoms with van der Waals surface area (Å²) in [6.07, 6.45) is 0.801. The van der Waals surface area contributed by atoms with Gasteiger partial charge in [-0.25, -0.2) is 4.90 Å². The molecular formula is C24H27N3O4. The van der Waals surface area contributed by atoms with Crippen LogP contribution in [0, 0.1) is 0 Å². The van der Waals surface area contributed by atoms with Crippen LogP contribution in [0.2, 0.25) is 0 Å². The molecular weight excluding hydrogens is 394 g/mol. The van der Waals surface area contributed by atoms with Crippen molar-refractivity contribution in [2.24, 2.45) is 0 Å². The Labute approximate surface area is 182 Å². The molecule has 3 rings (SSSR count). The number of carbonyl (C=O) groups excluding carboxylic acids is 4. The summed E-state index contributed by atoms with van der Waals surface area (Å²) in [5.41, 5.74) is 1.86. The molecule has 2 atom stereocenters. The molecule has 0 aromatic heterocycles. The molecule has 31 heavy (non-hydrogen) atoms. The van der Waals surface area contributed by atoms with Crippen molar-refractivity contribution in [1.82, 2.24) is 4.90 Å². The maximum Gasteiger partial charge on any atom is 0.257 e. The second-order valence-corrected chi connectivity index (χ2v) is 7.74. The first-order valence-electron chi connectivity index (χ1n) is 10.4. The van der Waals surface area contributed by atoms with Crippen molar-refractivity contribution in [2.45, 2.75) is 52.1 Å². The van der Waals surface area contributed by atoms with Crippen molar-refractivity contribution in [1.29, 1.82) is 0 Å². The lowest BCUT2D eigenvalue weighted by molar-refractivity contribution is -0.140. The monoisotopic (exact) mass is 421 g/mol. The zero-order chi connectivity index (χ0) is 22.5. The molecule has 0 saturated carbocycles. The number of carbonyl (C=O) groups is 4. The number of imide groups is 1. The van der Waals surface area contributed by atoms with Gasteiger partial charge in [0.25, 0.3) is 5.91 Å². The zero-order valence-corrected chi connectivity index (χ0v) is 18.0. The van der Waals surface area contributed by atoms with Crippen molar-refractivity contribution in [3.8, 4) is 0 Å². The summed E-state index contributed by atoms with van der Waals surface area (Å²) in [6, 6.07) is 14.9. The third-order valence-electron chi connectivity index (χ3n) is 5.46. The molecule has 1 saturated heterocycles. The fraction of sp³-hybridized carbons (Fsp3) is 0.333. The Morgan fingerprint density at radius 1 is 1.10 bits per heavy atom. The fourth-order valence-corrected chi connectivity index (χ4v) is 3.79. The van der Waals surface area contributed by atoms with E-state index >= 15 is 0 Å². The van der Waals surface area contributed by atoms with E-state index in [0.717, 1.165) is 10.5 Å². The van der Waals surface area contributed by atoms with E-state index in [4.69, 9.17) is 0 Å². The van der Waals surface area contributed by atoms with Gasteiger partial charge in [0.2, 0.25) is 17.7 Å². The molecule has 7 heteroatoms. The van der Waals surface area contributed by atoms with Gasteiger partial charge in [-0.1, -0.05) is 37.3 Å². The van der Waals surface area contributed by atoms with E-state index in [1.54, 1.807) is 29.2 Å². The number of benzene rings is 2. The van der Waals surface area contributed by atoms with Crippen LogP contribution in [0.4, 0.5) is 11.4 Å². The summed E-state index contributed by atoms with van der Waals surface area (Å²) < 4.78 is 0. The lowest BCUT2D eigenvalue weighted by Gasteiger charge is -2.33. The Balaban J connectivity index is 1.83. The van der Waals surface area contributed by atoms with Crippen molar-refractivity contribution in [3.63, 3.8) is 0 Å². The molecule has 1 heterocycles. The topological polar surface area (TPSA) is 86.8 Å². The second kappa shape index (κ2) is 9.55. The first kappa shape index (κ1) is 22.2. The third-order valence-corrected chi connectivity index (χ3v) is 5.46. The standard InChI is InChI=1S/C24H27N3O4/c1-4-16(2)26(22(29)14-18-8-6-5-7-9-18)21-15-23(30)27(24(21)31)20-12-10-19(11-13-20)25-17(3)28/h5-13,16,21H,4,14-15H2,1-3H3,(H,25,28). The van der Waals surface area contributed by atoms with E-state index in [-0.39, 0.29) is 36.6 Å². The molecule has 2 unspecified atom stereocenters. The smallest absolute Gasteiger partial charge is 0.257 e.